The third-order valence-corrected chi connectivity index (χ3v) is 3.49. The van der Waals surface area contributed by atoms with Crippen LogP contribution in [0.5, 0.6) is 0 Å². The van der Waals surface area contributed by atoms with Gasteiger partial charge in [0.15, 0.2) is 0 Å². The van der Waals surface area contributed by atoms with Crippen LogP contribution >= 0.6 is 15.6 Å². The van der Waals surface area contributed by atoms with E-state index >= 15 is 0 Å². The molecule has 0 amide bonds. The first-order chi connectivity index (χ1) is 6.18. The molecule has 0 heterocycles. The fourth-order valence-corrected chi connectivity index (χ4v) is 2.47. The Morgan fingerprint density at radius 1 is 1.43 bits per heavy atom. The number of phosphoric ester groups is 1. The predicted octanol–water partition coefficient (Wildman–Crippen LogP) is 0.214. The normalized spacial score (nSPS) is 18.9. The van der Waals surface area contributed by atoms with Crippen LogP contribution in [0.25, 0.3) is 0 Å². The first-order valence-corrected chi connectivity index (χ1v) is 6.50. The average molecular weight is 249 g/mol. The summed E-state index contributed by atoms with van der Waals surface area (Å²) in [5.41, 5.74) is 5.27. The summed E-state index contributed by atoms with van der Waals surface area (Å²) in [6.45, 7) is 1.35. The van der Waals surface area contributed by atoms with Crippen molar-refractivity contribution in [1.82, 2.24) is 0 Å². The third-order valence-electron chi connectivity index (χ3n) is 0.926. The first kappa shape index (κ1) is 14.2. The summed E-state index contributed by atoms with van der Waals surface area (Å²) in [4.78, 5) is 16.8. The molecule has 0 rings (SSSR count). The molecule has 86 valence electrons. The molecule has 0 fully saturated rings. The molecule has 0 aliphatic heterocycles. The molecule has 8 nitrogen and oxygen atoms in total. The van der Waals surface area contributed by atoms with E-state index in [9.17, 15) is 9.13 Å². The lowest BCUT2D eigenvalue weighted by Crippen LogP contribution is -2.21. The zero-order chi connectivity index (χ0) is 11.4. The molecule has 14 heavy (non-hydrogen) atoms. The van der Waals surface area contributed by atoms with Crippen molar-refractivity contribution in [3.8, 4) is 0 Å². The van der Waals surface area contributed by atoms with E-state index in [1.54, 1.807) is 6.92 Å². The lowest BCUT2D eigenvalue weighted by atomic mass is 10.4. The van der Waals surface area contributed by atoms with Gasteiger partial charge in [0.1, 0.15) is 0 Å². The monoisotopic (exact) mass is 249 g/mol. The van der Waals surface area contributed by atoms with E-state index in [1.165, 1.54) is 0 Å². The molecule has 4 N–H and O–H groups in total. The summed E-state index contributed by atoms with van der Waals surface area (Å²) in [7, 11) is -8.19. The van der Waals surface area contributed by atoms with Crippen LogP contribution in [0.3, 0.4) is 0 Å². The fourth-order valence-electron chi connectivity index (χ4n) is 0.449. The van der Waals surface area contributed by atoms with E-state index in [1.807, 2.05) is 0 Å². The number of nitrogens with two attached hydrogens (primary N) is 1. The van der Waals surface area contributed by atoms with Crippen LogP contribution in [0.1, 0.15) is 6.92 Å². The number of hydrogen-bond acceptors (Lipinski definition) is 6. The third kappa shape index (κ3) is 6.64. The standard InChI is InChI=1S/C4H13NO7P2/c1-4(5)3-11-14(9,10-2)12-13(6,7)8/h4H,3,5H2,1-2H3,(H2,6,7,8). The Kier molecular flexibility index (Phi) is 5.43. The van der Waals surface area contributed by atoms with Crippen molar-refractivity contribution in [2.75, 3.05) is 13.7 Å². The van der Waals surface area contributed by atoms with Gasteiger partial charge in [0, 0.05) is 13.2 Å². The minimum Gasteiger partial charge on any atom is -0.326 e. The zero-order valence-electron chi connectivity index (χ0n) is 7.69. The van der Waals surface area contributed by atoms with Gasteiger partial charge in [-0.05, 0) is 6.92 Å². The molecule has 0 saturated carbocycles. The Labute approximate surface area is 81.2 Å². The molecule has 0 aromatic rings. The quantitative estimate of drug-likeness (QED) is 0.570. The Morgan fingerprint density at radius 3 is 2.21 bits per heavy atom. The van der Waals surface area contributed by atoms with Crippen molar-refractivity contribution >= 4 is 15.6 Å². The highest BCUT2D eigenvalue weighted by atomic mass is 31.3. The van der Waals surface area contributed by atoms with Crippen molar-refractivity contribution in [3.63, 3.8) is 0 Å². The van der Waals surface area contributed by atoms with E-state index in [-0.39, 0.29) is 6.61 Å². The van der Waals surface area contributed by atoms with Crippen molar-refractivity contribution in [1.29, 1.82) is 0 Å². The second-order valence-corrected chi connectivity index (χ2v) is 5.63. The Balaban J connectivity index is 4.34. The zero-order valence-corrected chi connectivity index (χ0v) is 9.48. The molecule has 0 radical (unpaired) electrons. The molecule has 2 atom stereocenters. The summed E-state index contributed by atoms with van der Waals surface area (Å²) in [5.74, 6) is 0. The van der Waals surface area contributed by atoms with E-state index in [2.05, 4.69) is 13.4 Å². The second-order valence-electron chi connectivity index (χ2n) is 2.48. The molecule has 0 aliphatic rings. The Morgan fingerprint density at radius 2 is 1.93 bits per heavy atom. The maximum Gasteiger partial charge on any atom is 0.483 e. The number of hydrogen-bond donors (Lipinski definition) is 3. The maximum absolute atomic E-state index is 11.3. The summed E-state index contributed by atoms with van der Waals surface area (Å²) in [6, 6.07) is -0.459. The van der Waals surface area contributed by atoms with Crippen LogP contribution in [0, 0.1) is 0 Å². The van der Waals surface area contributed by atoms with E-state index in [0.29, 0.717) is 0 Å². The van der Waals surface area contributed by atoms with Gasteiger partial charge in [0.05, 0.1) is 6.61 Å². The van der Waals surface area contributed by atoms with Crippen molar-refractivity contribution < 1.29 is 32.3 Å². The molecule has 2 unspecified atom stereocenters. The Hall–Kier alpha value is 0.220. The van der Waals surface area contributed by atoms with Crippen LogP contribution < -0.4 is 5.73 Å². The summed E-state index contributed by atoms with van der Waals surface area (Å²) in [6.07, 6.45) is 0. The van der Waals surface area contributed by atoms with Gasteiger partial charge >= 0.3 is 15.6 Å². The van der Waals surface area contributed by atoms with Gasteiger partial charge in [-0.3, -0.25) is 9.05 Å². The molecule has 0 saturated heterocycles. The highest BCUT2D eigenvalue weighted by Gasteiger charge is 2.34. The van der Waals surface area contributed by atoms with E-state index in [4.69, 9.17) is 15.5 Å². The molecule has 0 spiro atoms. The molecular formula is C4H13NO7P2. The molecule has 0 aromatic heterocycles. The van der Waals surface area contributed by atoms with Crippen molar-refractivity contribution in [2.45, 2.75) is 13.0 Å². The molecule has 0 aliphatic carbocycles. The topological polar surface area (TPSA) is 128 Å². The number of phosphoric acid groups is 2. The summed E-state index contributed by atoms with van der Waals surface area (Å²) < 4.78 is 34.2. The van der Waals surface area contributed by atoms with Gasteiger partial charge in [-0.2, -0.15) is 4.31 Å². The lowest BCUT2D eigenvalue weighted by Gasteiger charge is -2.16. The highest BCUT2D eigenvalue weighted by molar-refractivity contribution is 7.61. The average Bonchev–Trinajstić information content (AvgIpc) is 1.98. The minimum absolute atomic E-state index is 0.203. The summed E-state index contributed by atoms with van der Waals surface area (Å²) >= 11 is 0. The van der Waals surface area contributed by atoms with Crippen LogP contribution in [-0.4, -0.2) is 29.5 Å². The van der Waals surface area contributed by atoms with E-state index in [0.717, 1.165) is 7.11 Å². The van der Waals surface area contributed by atoms with Crippen LogP contribution in [0.15, 0.2) is 0 Å². The minimum atomic E-state index is -4.92. The lowest BCUT2D eigenvalue weighted by molar-refractivity contribution is 0.154. The molecular weight excluding hydrogens is 236 g/mol. The Bertz CT molecular complexity index is 260. The highest BCUT2D eigenvalue weighted by Crippen LogP contribution is 2.60. The molecule has 0 bridgehead atoms. The molecule has 10 heteroatoms. The van der Waals surface area contributed by atoms with Gasteiger partial charge in [-0.25, -0.2) is 9.13 Å². The van der Waals surface area contributed by atoms with Crippen LogP contribution in [0.4, 0.5) is 0 Å². The number of rotatable bonds is 6. The van der Waals surface area contributed by atoms with Gasteiger partial charge < -0.3 is 15.5 Å². The smallest absolute Gasteiger partial charge is 0.326 e. The van der Waals surface area contributed by atoms with Crippen molar-refractivity contribution in [3.05, 3.63) is 0 Å². The van der Waals surface area contributed by atoms with E-state index < -0.39 is 21.7 Å². The van der Waals surface area contributed by atoms with Gasteiger partial charge in [0.2, 0.25) is 0 Å². The van der Waals surface area contributed by atoms with Crippen molar-refractivity contribution in [2.24, 2.45) is 5.73 Å². The molecule has 0 aromatic carbocycles. The second kappa shape index (κ2) is 5.34. The largest absolute Gasteiger partial charge is 0.483 e. The fraction of sp³-hybridized carbons (Fsp3) is 1.00. The first-order valence-electron chi connectivity index (χ1n) is 3.51. The maximum atomic E-state index is 11.3. The van der Waals surface area contributed by atoms with Crippen LogP contribution in [-0.2, 0) is 22.5 Å². The van der Waals surface area contributed by atoms with Crippen LogP contribution in [0.2, 0.25) is 0 Å². The van der Waals surface area contributed by atoms with Gasteiger partial charge in [-0.1, -0.05) is 0 Å². The summed E-state index contributed by atoms with van der Waals surface area (Å²) in [5, 5.41) is 0. The van der Waals surface area contributed by atoms with Gasteiger partial charge in [0.25, 0.3) is 0 Å². The predicted molar refractivity (Wildman–Crippen MR) is 47.3 cm³/mol. The SMILES string of the molecule is COP(=O)(OCC(C)N)OP(=O)(O)O. The van der Waals surface area contributed by atoms with Gasteiger partial charge in [-0.15, -0.1) is 0 Å².